The average Bonchev–Trinajstić information content (AvgIpc) is 3.02. The van der Waals surface area contributed by atoms with Crippen molar-refractivity contribution in [1.29, 1.82) is 5.26 Å². The lowest BCUT2D eigenvalue weighted by atomic mass is 10.0. The first-order valence-electron chi connectivity index (χ1n) is 13.1. The molecule has 3 N–H and O–H groups in total. The highest BCUT2D eigenvalue weighted by Crippen LogP contribution is 2.23. The molecule has 0 aliphatic heterocycles. The maximum atomic E-state index is 12.6. The number of alkyl halides is 3. The Balaban J connectivity index is 0.000000900. The van der Waals surface area contributed by atoms with Crippen LogP contribution in [0.2, 0.25) is 0 Å². The standard InChI is InChI=1S/C29H28N4O5.C2HF3O2/c1-20(34)33-26(29(36)37-2)18-25-10-7-23(19-30)17-27(25)38-16-15-32-28(35)24-8-5-21(6-9-24)3-4-22-11-13-31-14-12-22;3-2(4,5)1(6)7/h5-14,17-18H,3-4,15-16H2,1-2H3,(H,32,35)(H,33,34);(H,6,7). The molecule has 45 heavy (non-hydrogen) atoms. The van der Waals surface area contributed by atoms with E-state index in [1.54, 1.807) is 36.7 Å². The average molecular weight is 627 g/mol. The minimum absolute atomic E-state index is 0.0768. The van der Waals surface area contributed by atoms with Crippen molar-refractivity contribution in [3.8, 4) is 11.8 Å². The van der Waals surface area contributed by atoms with Crippen LogP contribution in [0.25, 0.3) is 6.08 Å². The molecule has 3 rings (SSSR count). The van der Waals surface area contributed by atoms with Gasteiger partial charge in [0.15, 0.2) is 0 Å². The summed E-state index contributed by atoms with van der Waals surface area (Å²) in [7, 11) is 1.20. The predicted octanol–water partition coefficient (Wildman–Crippen LogP) is 3.83. The Labute approximate surface area is 256 Å². The van der Waals surface area contributed by atoms with Crippen molar-refractivity contribution >= 4 is 29.8 Å². The summed E-state index contributed by atoms with van der Waals surface area (Å²) in [6, 6.07) is 18.1. The molecule has 1 heterocycles. The van der Waals surface area contributed by atoms with Crippen LogP contribution in [-0.4, -0.2) is 60.3 Å². The third-order valence-electron chi connectivity index (χ3n) is 5.71. The largest absolute Gasteiger partial charge is 0.491 e. The molecule has 14 heteroatoms. The number of pyridine rings is 1. The highest BCUT2D eigenvalue weighted by molar-refractivity contribution is 5.98. The van der Waals surface area contributed by atoms with Crippen LogP contribution in [0.5, 0.6) is 5.75 Å². The second kappa shape index (κ2) is 17.4. The number of nitriles is 1. The fourth-order valence-electron chi connectivity index (χ4n) is 3.54. The molecule has 0 aliphatic carbocycles. The molecule has 0 aliphatic rings. The highest BCUT2D eigenvalue weighted by Gasteiger charge is 2.38. The zero-order valence-corrected chi connectivity index (χ0v) is 24.2. The van der Waals surface area contributed by atoms with E-state index in [4.69, 9.17) is 19.4 Å². The Morgan fingerprint density at radius 2 is 1.60 bits per heavy atom. The molecule has 0 atom stereocenters. The van der Waals surface area contributed by atoms with E-state index in [2.05, 4.69) is 15.6 Å². The van der Waals surface area contributed by atoms with E-state index in [1.165, 1.54) is 31.7 Å². The van der Waals surface area contributed by atoms with Gasteiger partial charge < -0.3 is 25.2 Å². The number of carboxylic acid groups (broad SMARTS) is 1. The van der Waals surface area contributed by atoms with Gasteiger partial charge in [0.1, 0.15) is 18.1 Å². The number of esters is 1. The van der Waals surface area contributed by atoms with Crippen molar-refractivity contribution in [1.82, 2.24) is 15.6 Å². The van der Waals surface area contributed by atoms with Crippen molar-refractivity contribution in [2.45, 2.75) is 25.9 Å². The smallest absolute Gasteiger partial charge is 0.490 e. The van der Waals surface area contributed by atoms with Gasteiger partial charge in [0.25, 0.3) is 5.91 Å². The van der Waals surface area contributed by atoms with Gasteiger partial charge in [-0.05, 0) is 72.5 Å². The first-order chi connectivity index (χ1) is 21.3. The van der Waals surface area contributed by atoms with Crippen molar-refractivity contribution in [2.75, 3.05) is 20.3 Å². The molecule has 236 valence electrons. The third-order valence-corrected chi connectivity index (χ3v) is 5.71. The van der Waals surface area contributed by atoms with Crippen molar-refractivity contribution < 1.29 is 46.9 Å². The number of amides is 2. The maximum absolute atomic E-state index is 12.6. The third kappa shape index (κ3) is 12.6. The van der Waals surface area contributed by atoms with Crippen LogP contribution in [0.3, 0.4) is 0 Å². The molecule has 0 radical (unpaired) electrons. The summed E-state index contributed by atoms with van der Waals surface area (Å²) in [5.74, 6) is -3.86. The molecule has 2 aromatic carbocycles. The molecular formula is C31H29F3N4O7. The van der Waals surface area contributed by atoms with E-state index in [0.29, 0.717) is 22.4 Å². The Bertz CT molecular complexity index is 1550. The van der Waals surface area contributed by atoms with Gasteiger partial charge in [-0.3, -0.25) is 14.6 Å². The van der Waals surface area contributed by atoms with E-state index in [1.807, 2.05) is 30.3 Å². The van der Waals surface area contributed by atoms with Gasteiger partial charge in [0.2, 0.25) is 5.91 Å². The first kappa shape index (κ1) is 35.5. The van der Waals surface area contributed by atoms with Gasteiger partial charge in [0, 0.05) is 30.4 Å². The highest BCUT2D eigenvalue weighted by atomic mass is 19.4. The molecule has 2 amide bonds. The fraction of sp³-hybridized carbons (Fsp3) is 0.226. The SMILES string of the molecule is COC(=O)C(=Cc1ccc(C#N)cc1OCCNC(=O)c1ccc(CCc2ccncc2)cc1)NC(C)=O.O=C(O)C(F)(F)F. The minimum Gasteiger partial charge on any atom is -0.491 e. The summed E-state index contributed by atoms with van der Waals surface area (Å²) in [4.78, 5) is 49.0. The van der Waals surface area contributed by atoms with Gasteiger partial charge in [-0.2, -0.15) is 18.4 Å². The normalized spacial score (nSPS) is 10.8. The molecule has 0 bridgehead atoms. The van der Waals surface area contributed by atoms with Crippen molar-refractivity contribution in [3.63, 3.8) is 0 Å². The summed E-state index contributed by atoms with van der Waals surface area (Å²) in [6.45, 7) is 1.59. The number of carbonyl (C=O) groups is 4. The lowest BCUT2D eigenvalue weighted by Gasteiger charge is -2.12. The quantitative estimate of drug-likeness (QED) is 0.163. The molecule has 0 saturated carbocycles. The Morgan fingerprint density at radius 1 is 1.00 bits per heavy atom. The monoisotopic (exact) mass is 626 g/mol. The number of ether oxygens (including phenoxy) is 2. The van der Waals surface area contributed by atoms with Crippen LogP contribution in [0.15, 0.2) is 72.7 Å². The Morgan fingerprint density at radius 3 is 2.13 bits per heavy atom. The van der Waals surface area contributed by atoms with E-state index in [-0.39, 0.29) is 24.8 Å². The number of nitrogens with one attached hydrogen (secondary N) is 2. The number of halogens is 3. The predicted molar refractivity (Wildman–Crippen MR) is 155 cm³/mol. The lowest BCUT2D eigenvalue weighted by molar-refractivity contribution is -0.192. The molecule has 0 unspecified atom stereocenters. The van der Waals surface area contributed by atoms with E-state index < -0.39 is 24.0 Å². The van der Waals surface area contributed by atoms with Crippen LogP contribution in [-0.2, 0) is 32.0 Å². The fourth-order valence-corrected chi connectivity index (χ4v) is 3.54. The van der Waals surface area contributed by atoms with Crippen LogP contribution in [0.1, 0.15) is 39.5 Å². The van der Waals surface area contributed by atoms with Gasteiger partial charge in [-0.1, -0.05) is 12.1 Å². The van der Waals surface area contributed by atoms with E-state index >= 15 is 0 Å². The van der Waals surface area contributed by atoms with Crippen LogP contribution in [0.4, 0.5) is 13.2 Å². The molecule has 0 saturated heterocycles. The first-order valence-corrected chi connectivity index (χ1v) is 13.1. The van der Waals surface area contributed by atoms with Gasteiger partial charge in [0.05, 0.1) is 25.3 Å². The van der Waals surface area contributed by atoms with E-state index in [9.17, 15) is 32.8 Å². The van der Waals surface area contributed by atoms with Crippen LogP contribution >= 0.6 is 0 Å². The lowest BCUT2D eigenvalue weighted by Crippen LogP contribution is -2.28. The second-order valence-corrected chi connectivity index (χ2v) is 9.05. The van der Waals surface area contributed by atoms with Gasteiger partial charge in [-0.15, -0.1) is 0 Å². The summed E-state index contributed by atoms with van der Waals surface area (Å²) < 4.78 is 42.2. The second-order valence-electron chi connectivity index (χ2n) is 9.05. The van der Waals surface area contributed by atoms with Crippen molar-refractivity contribution in [2.24, 2.45) is 0 Å². The molecule has 1 aromatic heterocycles. The molecular weight excluding hydrogens is 597 g/mol. The number of benzene rings is 2. The van der Waals surface area contributed by atoms with E-state index in [0.717, 1.165) is 18.4 Å². The van der Waals surface area contributed by atoms with Gasteiger partial charge >= 0.3 is 18.1 Å². The summed E-state index contributed by atoms with van der Waals surface area (Å²) in [6.07, 6.45) is 1.61. The van der Waals surface area contributed by atoms with Gasteiger partial charge in [-0.25, -0.2) is 9.59 Å². The number of aryl methyl sites for hydroxylation is 2. The molecule has 0 fully saturated rings. The summed E-state index contributed by atoms with van der Waals surface area (Å²) in [5.41, 5.74) is 3.59. The molecule has 3 aromatic rings. The summed E-state index contributed by atoms with van der Waals surface area (Å²) in [5, 5.41) is 21.6. The number of rotatable bonds is 11. The number of carboxylic acids is 1. The zero-order chi connectivity index (χ0) is 33.4. The Kier molecular flexibility index (Phi) is 13.7. The number of methoxy groups -OCH3 is 1. The minimum atomic E-state index is -5.08. The number of carbonyl (C=O) groups excluding carboxylic acids is 3. The number of hydrogen-bond donors (Lipinski definition) is 3. The van der Waals surface area contributed by atoms with Crippen LogP contribution < -0.4 is 15.4 Å². The summed E-state index contributed by atoms with van der Waals surface area (Å²) >= 11 is 0. The number of hydrogen-bond acceptors (Lipinski definition) is 8. The van der Waals surface area contributed by atoms with Crippen LogP contribution in [0, 0.1) is 11.3 Å². The number of nitrogens with zero attached hydrogens (tertiary/aromatic N) is 2. The Hall–Kier alpha value is -5.71. The molecule has 11 nitrogen and oxygen atoms in total. The zero-order valence-electron chi connectivity index (χ0n) is 24.2. The van der Waals surface area contributed by atoms with Crippen molar-refractivity contribution in [3.05, 3.63) is 101 Å². The number of aliphatic carboxylic acids is 1. The number of aromatic nitrogens is 1. The maximum Gasteiger partial charge on any atom is 0.490 e. The topological polar surface area (TPSA) is 168 Å². The molecule has 0 spiro atoms.